The molecule has 21 heavy (non-hydrogen) atoms. The lowest BCUT2D eigenvalue weighted by Gasteiger charge is -2.18. The quantitative estimate of drug-likeness (QED) is 0.496. The second-order valence-electron chi connectivity index (χ2n) is 4.12. The minimum atomic E-state index is 0.0920. The van der Waals surface area contributed by atoms with Crippen molar-refractivity contribution >= 4 is 5.78 Å². The van der Waals surface area contributed by atoms with Gasteiger partial charge in [0.1, 0.15) is 6.61 Å². The Kier molecular flexibility index (Phi) is 33.1. The van der Waals surface area contributed by atoms with Gasteiger partial charge in [0.2, 0.25) is 0 Å². The first-order chi connectivity index (χ1) is 10.0. The maximum atomic E-state index is 10.8. The fraction of sp³-hybridized carbons (Fsp3) is 0.842. The van der Waals surface area contributed by atoms with Crippen molar-refractivity contribution in [2.75, 3.05) is 6.61 Å². The van der Waals surface area contributed by atoms with Crippen LogP contribution in [0.5, 0.6) is 0 Å². The summed E-state index contributed by atoms with van der Waals surface area (Å²) in [6.07, 6.45) is 3.32. The number of hydrogen-bond donors (Lipinski definition) is 0. The van der Waals surface area contributed by atoms with Crippen molar-refractivity contribution in [2.24, 2.45) is 0 Å². The van der Waals surface area contributed by atoms with E-state index in [1.807, 2.05) is 41.5 Å². The van der Waals surface area contributed by atoms with E-state index in [9.17, 15) is 4.79 Å². The number of carbonyl (C=O) groups excluding carboxylic acids is 1. The lowest BCUT2D eigenvalue weighted by Crippen LogP contribution is -2.18. The van der Waals surface area contributed by atoms with Gasteiger partial charge in [-0.2, -0.15) is 0 Å². The number of ketones is 1. The molecular weight excluding hydrogens is 260 g/mol. The Balaban J connectivity index is -0.000000212. The van der Waals surface area contributed by atoms with Crippen LogP contribution in [0.3, 0.4) is 0 Å². The molecule has 0 saturated heterocycles. The van der Waals surface area contributed by atoms with Gasteiger partial charge in [0.05, 0.1) is 6.10 Å². The van der Waals surface area contributed by atoms with Gasteiger partial charge in [-0.05, 0) is 39.2 Å². The Bertz CT molecular complexity index is 230. The Hall–Kier alpha value is -0.630. The van der Waals surface area contributed by atoms with Gasteiger partial charge in [-0.25, -0.2) is 0 Å². The molecule has 0 aromatic rings. The fourth-order valence-corrected chi connectivity index (χ4v) is 1.61. The van der Waals surface area contributed by atoms with Gasteiger partial charge in [0, 0.05) is 0 Å². The summed E-state index contributed by atoms with van der Waals surface area (Å²) in [6, 6.07) is 0. The molecule has 1 unspecified atom stereocenters. The van der Waals surface area contributed by atoms with Crippen LogP contribution in [0.4, 0.5) is 0 Å². The van der Waals surface area contributed by atoms with E-state index in [1.54, 1.807) is 6.92 Å². The molecule has 0 aliphatic carbocycles. The van der Waals surface area contributed by atoms with E-state index in [1.165, 1.54) is 11.1 Å². The SMILES string of the molecule is CC.CC.CC.CCC/C(C)=C(/C)C(CC)OCC(C)=O. The normalized spacial score (nSPS) is 11.4. The highest BCUT2D eigenvalue weighted by Crippen LogP contribution is 2.18. The molecule has 0 N–H and O–H groups in total. The summed E-state index contributed by atoms with van der Waals surface area (Å²) in [4.78, 5) is 10.8. The van der Waals surface area contributed by atoms with Crippen LogP contribution in [-0.2, 0) is 9.53 Å². The van der Waals surface area contributed by atoms with Gasteiger partial charge >= 0.3 is 0 Å². The molecule has 1 atom stereocenters. The number of hydrogen-bond acceptors (Lipinski definition) is 2. The van der Waals surface area contributed by atoms with Gasteiger partial charge < -0.3 is 4.74 Å². The summed E-state index contributed by atoms with van der Waals surface area (Å²) in [7, 11) is 0. The number of allylic oxidation sites excluding steroid dienone is 1. The third-order valence-electron chi connectivity index (χ3n) is 2.64. The standard InChI is InChI=1S/C13H24O2.3C2H6/c1-6-8-10(3)12(5)13(7-2)15-9-11(4)14;3*1-2/h13H,6-9H2,1-5H3;3*1-2H3/b12-10-;;;. The average molecular weight is 303 g/mol. The molecule has 0 rings (SSSR count). The van der Waals surface area contributed by atoms with E-state index >= 15 is 0 Å². The molecule has 0 fully saturated rings. The summed E-state index contributed by atoms with van der Waals surface area (Å²) in [5, 5.41) is 0. The monoisotopic (exact) mass is 302 g/mol. The van der Waals surface area contributed by atoms with Crippen molar-refractivity contribution in [1.82, 2.24) is 0 Å². The first kappa shape index (κ1) is 28.5. The lowest BCUT2D eigenvalue weighted by molar-refractivity contribution is -0.122. The van der Waals surface area contributed by atoms with Crippen molar-refractivity contribution in [3.05, 3.63) is 11.1 Å². The molecule has 130 valence electrons. The Labute approximate surface area is 135 Å². The van der Waals surface area contributed by atoms with Gasteiger partial charge in [-0.3, -0.25) is 4.79 Å². The molecule has 0 bridgehead atoms. The van der Waals surface area contributed by atoms with Gasteiger partial charge in [-0.15, -0.1) is 0 Å². The highest BCUT2D eigenvalue weighted by atomic mass is 16.5. The topological polar surface area (TPSA) is 26.3 Å². The van der Waals surface area contributed by atoms with Crippen molar-refractivity contribution in [1.29, 1.82) is 0 Å². The smallest absolute Gasteiger partial charge is 0.155 e. The van der Waals surface area contributed by atoms with Gasteiger partial charge in [0.25, 0.3) is 0 Å². The molecule has 0 aromatic heterocycles. The Morgan fingerprint density at radius 2 is 1.33 bits per heavy atom. The second-order valence-corrected chi connectivity index (χ2v) is 4.12. The highest BCUT2D eigenvalue weighted by molar-refractivity contribution is 5.76. The first-order valence-corrected chi connectivity index (χ1v) is 8.80. The number of carbonyl (C=O) groups is 1. The zero-order valence-electron chi connectivity index (χ0n) is 16.7. The third kappa shape index (κ3) is 19.4. The maximum absolute atomic E-state index is 10.8. The Morgan fingerprint density at radius 3 is 1.62 bits per heavy atom. The van der Waals surface area contributed by atoms with E-state index in [2.05, 4.69) is 27.7 Å². The molecule has 0 amide bonds. The summed E-state index contributed by atoms with van der Waals surface area (Å²) in [5.41, 5.74) is 2.69. The molecular formula is C19H42O2. The van der Waals surface area contributed by atoms with Crippen molar-refractivity contribution in [2.45, 2.75) is 102 Å². The molecule has 0 radical (unpaired) electrons. The molecule has 2 nitrogen and oxygen atoms in total. The van der Waals surface area contributed by atoms with Crippen molar-refractivity contribution in [3.8, 4) is 0 Å². The van der Waals surface area contributed by atoms with E-state index < -0.39 is 0 Å². The molecule has 0 aromatic carbocycles. The van der Waals surface area contributed by atoms with E-state index in [-0.39, 0.29) is 18.5 Å². The molecule has 0 spiro atoms. The number of rotatable bonds is 7. The minimum Gasteiger partial charge on any atom is -0.366 e. The maximum Gasteiger partial charge on any atom is 0.155 e. The number of Topliss-reactive ketones (excluding diaryl/α,β-unsaturated/α-hetero) is 1. The van der Waals surface area contributed by atoms with E-state index in [4.69, 9.17) is 4.74 Å². The Morgan fingerprint density at radius 1 is 0.905 bits per heavy atom. The fourth-order valence-electron chi connectivity index (χ4n) is 1.61. The van der Waals surface area contributed by atoms with Crippen LogP contribution in [0.2, 0.25) is 0 Å². The van der Waals surface area contributed by atoms with Crippen LogP contribution in [0, 0.1) is 0 Å². The zero-order chi connectivity index (χ0) is 17.8. The molecule has 0 aliphatic rings. The molecule has 0 saturated carbocycles. The average Bonchev–Trinajstić information content (AvgIpc) is 2.53. The molecule has 0 heterocycles. The van der Waals surface area contributed by atoms with Crippen LogP contribution in [-0.4, -0.2) is 18.5 Å². The van der Waals surface area contributed by atoms with E-state index in [0.717, 1.165) is 19.3 Å². The van der Waals surface area contributed by atoms with Crippen LogP contribution in [0.1, 0.15) is 95.4 Å². The summed E-state index contributed by atoms with van der Waals surface area (Å²) >= 11 is 0. The minimum absolute atomic E-state index is 0.0920. The summed E-state index contributed by atoms with van der Waals surface area (Å²) in [5.74, 6) is 0.0920. The van der Waals surface area contributed by atoms with Crippen LogP contribution in [0.15, 0.2) is 11.1 Å². The summed E-state index contributed by atoms with van der Waals surface area (Å²) in [6.45, 7) is 22.3. The first-order valence-electron chi connectivity index (χ1n) is 8.80. The van der Waals surface area contributed by atoms with Gasteiger partial charge in [-0.1, -0.05) is 67.4 Å². The number of ether oxygens (including phenoxy) is 1. The highest BCUT2D eigenvalue weighted by Gasteiger charge is 2.11. The van der Waals surface area contributed by atoms with Crippen LogP contribution >= 0.6 is 0 Å². The third-order valence-corrected chi connectivity index (χ3v) is 2.64. The van der Waals surface area contributed by atoms with E-state index in [0.29, 0.717) is 0 Å². The zero-order valence-corrected chi connectivity index (χ0v) is 16.7. The lowest BCUT2D eigenvalue weighted by atomic mass is 10.0. The van der Waals surface area contributed by atoms with Crippen LogP contribution < -0.4 is 0 Å². The summed E-state index contributed by atoms with van der Waals surface area (Å²) < 4.78 is 5.57. The predicted octanol–water partition coefficient (Wildman–Crippen LogP) is 6.59. The molecule has 0 aliphatic heterocycles. The molecule has 2 heteroatoms. The van der Waals surface area contributed by atoms with Gasteiger partial charge in [0.15, 0.2) is 5.78 Å². The van der Waals surface area contributed by atoms with Crippen molar-refractivity contribution < 1.29 is 9.53 Å². The second kappa shape index (κ2) is 24.4. The van der Waals surface area contributed by atoms with Crippen LogP contribution in [0.25, 0.3) is 0 Å². The predicted molar refractivity (Wildman–Crippen MR) is 98.0 cm³/mol. The largest absolute Gasteiger partial charge is 0.366 e. The van der Waals surface area contributed by atoms with Crippen molar-refractivity contribution in [3.63, 3.8) is 0 Å².